The molecule has 10 nitrogen and oxygen atoms in total. The van der Waals surface area contributed by atoms with Crippen LogP contribution in [0.5, 0.6) is 0 Å². The van der Waals surface area contributed by atoms with Crippen LogP contribution in [0, 0.1) is 0 Å². The molecule has 11 heteroatoms. The predicted octanol–water partition coefficient (Wildman–Crippen LogP) is -2.01. The van der Waals surface area contributed by atoms with Gasteiger partial charge in [0.25, 0.3) is 0 Å². The van der Waals surface area contributed by atoms with Crippen LogP contribution in [-0.4, -0.2) is 53.6 Å². The zero-order valence-corrected chi connectivity index (χ0v) is 11.0. The molecule has 0 aromatic carbocycles. The highest BCUT2D eigenvalue weighted by atomic mass is 32.3. The molecule has 0 saturated carbocycles. The number of rotatable bonds is 7. The van der Waals surface area contributed by atoms with Gasteiger partial charge in [0.1, 0.15) is 6.04 Å². The number of aliphatic carboxylic acids is 1. The van der Waals surface area contributed by atoms with E-state index in [1.165, 1.54) is 0 Å². The second-order valence-corrected chi connectivity index (χ2v) is 4.29. The lowest BCUT2D eigenvalue weighted by Crippen LogP contribution is -2.43. The molecule has 0 unspecified atom stereocenters. The summed E-state index contributed by atoms with van der Waals surface area (Å²) in [4.78, 5) is 21.5. The van der Waals surface area contributed by atoms with Gasteiger partial charge in [0.2, 0.25) is 5.91 Å². The van der Waals surface area contributed by atoms with Crippen LogP contribution in [0.3, 0.4) is 0 Å². The molecule has 0 rings (SSSR count). The Hall–Kier alpha value is -1.27. The summed E-state index contributed by atoms with van der Waals surface area (Å²) in [6, 6.07) is -0.849. The number of carbonyl (C=O) groups excluding carboxylic acids is 1. The van der Waals surface area contributed by atoms with E-state index in [0.29, 0.717) is 19.4 Å². The zero-order valence-electron chi connectivity index (χ0n) is 10.2. The van der Waals surface area contributed by atoms with E-state index in [1.807, 2.05) is 0 Å². The molecule has 0 saturated heterocycles. The van der Waals surface area contributed by atoms with E-state index in [-0.39, 0.29) is 6.54 Å². The lowest BCUT2D eigenvalue weighted by Gasteiger charge is -2.13. The van der Waals surface area contributed by atoms with Gasteiger partial charge in [-0.1, -0.05) is 0 Å². The fourth-order valence-corrected chi connectivity index (χ4v) is 1.00. The predicted molar refractivity (Wildman–Crippen MR) is 65.7 cm³/mol. The van der Waals surface area contributed by atoms with E-state index in [2.05, 4.69) is 5.32 Å². The van der Waals surface area contributed by atoms with Gasteiger partial charge in [-0.25, -0.2) is 4.79 Å². The second kappa shape index (κ2) is 10.6. The zero-order chi connectivity index (χ0) is 15.5. The van der Waals surface area contributed by atoms with Gasteiger partial charge >= 0.3 is 16.4 Å². The first-order valence-electron chi connectivity index (χ1n) is 5.24. The van der Waals surface area contributed by atoms with Crippen LogP contribution >= 0.6 is 0 Å². The molecule has 0 aromatic rings. The first kappa shape index (κ1) is 20.1. The van der Waals surface area contributed by atoms with E-state index < -0.39 is 28.3 Å². The van der Waals surface area contributed by atoms with Crippen molar-refractivity contribution in [2.24, 2.45) is 11.5 Å². The molecule has 0 aliphatic carbocycles. The van der Waals surface area contributed by atoms with Crippen LogP contribution in [0.15, 0.2) is 0 Å². The topological polar surface area (TPSA) is 193 Å². The van der Waals surface area contributed by atoms with Gasteiger partial charge < -0.3 is 21.9 Å². The molecule has 0 radical (unpaired) electrons. The lowest BCUT2D eigenvalue weighted by atomic mass is 10.1. The van der Waals surface area contributed by atoms with E-state index in [0.717, 1.165) is 6.42 Å². The van der Waals surface area contributed by atoms with Crippen molar-refractivity contribution in [2.75, 3.05) is 13.1 Å². The molecule has 8 N–H and O–H groups in total. The molecule has 0 aromatic heterocycles. The van der Waals surface area contributed by atoms with E-state index >= 15 is 0 Å². The Bertz CT molecular complexity index is 363. The summed E-state index contributed by atoms with van der Waals surface area (Å²) >= 11 is 0. The molecule has 0 aliphatic heterocycles. The van der Waals surface area contributed by atoms with Gasteiger partial charge in [0, 0.05) is 0 Å². The molecule has 19 heavy (non-hydrogen) atoms. The summed E-state index contributed by atoms with van der Waals surface area (Å²) in [7, 11) is -4.67. The number of hydrogen-bond donors (Lipinski definition) is 6. The van der Waals surface area contributed by atoms with Crippen LogP contribution < -0.4 is 16.8 Å². The highest BCUT2D eigenvalue weighted by molar-refractivity contribution is 7.79. The van der Waals surface area contributed by atoms with Crippen molar-refractivity contribution in [1.29, 1.82) is 0 Å². The Labute approximate surface area is 110 Å². The van der Waals surface area contributed by atoms with Crippen molar-refractivity contribution in [3.8, 4) is 0 Å². The maximum Gasteiger partial charge on any atom is 0.394 e. The largest absolute Gasteiger partial charge is 0.480 e. The maximum absolute atomic E-state index is 10.8. The SMILES string of the molecule is NCCCC[C@H](NC(=O)CN)C(=O)O.O=S(=O)(O)O. The van der Waals surface area contributed by atoms with E-state index in [4.69, 9.17) is 34.1 Å². The van der Waals surface area contributed by atoms with Gasteiger partial charge in [0.15, 0.2) is 0 Å². The van der Waals surface area contributed by atoms with Crippen molar-refractivity contribution < 1.29 is 32.2 Å². The summed E-state index contributed by atoms with van der Waals surface area (Å²) < 4.78 is 31.6. The quantitative estimate of drug-likeness (QED) is 0.227. The van der Waals surface area contributed by atoms with Crippen molar-refractivity contribution in [1.82, 2.24) is 5.32 Å². The Balaban J connectivity index is 0. The van der Waals surface area contributed by atoms with Crippen molar-refractivity contribution >= 4 is 22.3 Å². The Morgan fingerprint density at radius 2 is 1.63 bits per heavy atom. The van der Waals surface area contributed by atoms with Crippen LogP contribution in [-0.2, 0) is 20.0 Å². The average molecular weight is 301 g/mol. The van der Waals surface area contributed by atoms with Gasteiger partial charge in [-0.05, 0) is 25.8 Å². The first-order chi connectivity index (χ1) is 8.61. The molecular weight excluding hydrogens is 282 g/mol. The van der Waals surface area contributed by atoms with Crippen molar-refractivity contribution in [3.63, 3.8) is 0 Å². The monoisotopic (exact) mass is 301 g/mol. The van der Waals surface area contributed by atoms with Crippen molar-refractivity contribution in [2.45, 2.75) is 25.3 Å². The number of carboxylic acids is 1. The van der Waals surface area contributed by atoms with Gasteiger partial charge in [-0.3, -0.25) is 13.9 Å². The highest BCUT2D eigenvalue weighted by Gasteiger charge is 2.18. The fourth-order valence-electron chi connectivity index (χ4n) is 1.00. The standard InChI is InChI=1S/C8H17N3O3.H2O4S/c9-4-2-1-3-6(8(13)14)11-7(12)5-10;1-5(2,3)4/h6H,1-5,9-10H2,(H,11,12)(H,13,14);(H2,1,2,3,4)/t6-;/m0./s1. The third kappa shape index (κ3) is 19.3. The number of unbranched alkanes of at least 4 members (excludes halogenated alkanes) is 1. The Kier molecular flexibility index (Phi) is 11.2. The smallest absolute Gasteiger partial charge is 0.394 e. The van der Waals surface area contributed by atoms with E-state index in [9.17, 15) is 9.59 Å². The molecule has 0 aliphatic rings. The first-order valence-corrected chi connectivity index (χ1v) is 6.63. The average Bonchev–Trinajstić information content (AvgIpc) is 2.25. The number of nitrogens with one attached hydrogen (secondary N) is 1. The van der Waals surface area contributed by atoms with Gasteiger partial charge in [0.05, 0.1) is 6.54 Å². The minimum Gasteiger partial charge on any atom is -0.480 e. The molecule has 0 fully saturated rings. The fraction of sp³-hybridized carbons (Fsp3) is 0.750. The molecule has 114 valence electrons. The number of carboxylic acid groups (broad SMARTS) is 1. The molecular formula is C8H19N3O7S. The van der Waals surface area contributed by atoms with Crippen LogP contribution in [0.2, 0.25) is 0 Å². The lowest BCUT2D eigenvalue weighted by molar-refractivity contribution is -0.141. The Morgan fingerprint density at radius 3 is 1.95 bits per heavy atom. The highest BCUT2D eigenvalue weighted by Crippen LogP contribution is 2.00. The summed E-state index contributed by atoms with van der Waals surface area (Å²) in [5.74, 6) is -1.49. The van der Waals surface area contributed by atoms with E-state index in [1.54, 1.807) is 0 Å². The van der Waals surface area contributed by atoms with Crippen LogP contribution in [0.25, 0.3) is 0 Å². The number of hydrogen-bond acceptors (Lipinski definition) is 6. The summed E-state index contributed by atoms with van der Waals surface area (Å²) in [6.07, 6.45) is 1.82. The minimum atomic E-state index is -4.67. The Morgan fingerprint density at radius 1 is 1.16 bits per heavy atom. The van der Waals surface area contributed by atoms with Gasteiger partial charge in [-0.15, -0.1) is 0 Å². The van der Waals surface area contributed by atoms with Crippen molar-refractivity contribution in [3.05, 3.63) is 0 Å². The van der Waals surface area contributed by atoms with Gasteiger partial charge in [-0.2, -0.15) is 8.42 Å². The third-order valence-electron chi connectivity index (χ3n) is 1.77. The third-order valence-corrected chi connectivity index (χ3v) is 1.77. The number of amides is 1. The summed E-state index contributed by atoms with van der Waals surface area (Å²) in [6.45, 7) is 0.331. The minimum absolute atomic E-state index is 0.194. The molecule has 0 bridgehead atoms. The normalized spacial score (nSPS) is 12.0. The molecule has 1 atom stereocenters. The molecule has 0 spiro atoms. The summed E-state index contributed by atoms with van der Waals surface area (Å²) in [5.41, 5.74) is 10.3. The molecule has 1 amide bonds. The van der Waals surface area contributed by atoms with Crippen LogP contribution in [0.1, 0.15) is 19.3 Å². The van der Waals surface area contributed by atoms with Crippen LogP contribution in [0.4, 0.5) is 0 Å². The summed E-state index contributed by atoms with van der Waals surface area (Å²) in [5, 5.41) is 11.1. The second-order valence-electron chi connectivity index (χ2n) is 3.39. The maximum atomic E-state index is 10.8. The molecule has 0 heterocycles. The number of carbonyl (C=O) groups is 2. The number of nitrogens with two attached hydrogens (primary N) is 2.